The summed E-state index contributed by atoms with van der Waals surface area (Å²) >= 11 is 0. The summed E-state index contributed by atoms with van der Waals surface area (Å²) in [6, 6.07) is 17.2. The molecule has 0 aliphatic carbocycles. The van der Waals surface area contributed by atoms with Gasteiger partial charge in [0.15, 0.2) is 0 Å². The van der Waals surface area contributed by atoms with Crippen molar-refractivity contribution >= 4 is 28.6 Å². The summed E-state index contributed by atoms with van der Waals surface area (Å²) in [5, 5.41) is 13.1. The third-order valence-electron chi connectivity index (χ3n) is 5.99. The Kier molecular flexibility index (Phi) is 7.19. The van der Waals surface area contributed by atoms with Crippen LogP contribution in [0.3, 0.4) is 0 Å². The number of hydrogen-bond donors (Lipinski definition) is 2. The number of carboxylic acids is 1. The molecule has 0 bridgehead atoms. The second-order valence-corrected chi connectivity index (χ2v) is 8.37. The lowest BCUT2D eigenvalue weighted by atomic mass is 9.78. The van der Waals surface area contributed by atoms with Gasteiger partial charge >= 0.3 is 5.97 Å². The fourth-order valence-electron chi connectivity index (χ4n) is 4.45. The minimum absolute atomic E-state index is 0.0523. The zero-order valence-electron chi connectivity index (χ0n) is 18.6. The lowest BCUT2D eigenvalue weighted by Gasteiger charge is -2.31. The van der Waals surface area contributed by atoms with Gasteiger partial charge in [-0.3, -0.25) is 9.59 Å². The number of carboxylic acid groups (broad SMARTS) is 1. The lowest BCUT2D eigenvalue weighted by molar-refractivity contribution is -0.137. The molecule has 1 unspecified atom stereocenters. The standard InChI is InChI=1S/C26H28N2O5/c1-17(29)27-26-23(22(8-10-25(30)31)18-11-13-32-14-12-18)16-19-15-21(7-9-24(19)28-26)33-20-5-3-2-4-6-20/h2-7,9,15-16,18,22H,8,10-14H2,1H3,(H,30,31)(H,27,28,29). The number of carbonyl (C=O) groups excluding carboxylic acids is 1. The molecule has 1 saturated heterocycles. The molecular weight excluding hydrogens is 420 g/mol. The number of ether oxygens (including phenoxy) is 2. The van der Waals surface area contributed by atoms with Gasteiger partial charge in [-0.25, -0.2) is 4.98 Å². The molecular formula is C26H28N2O5. The predicted octanol–water partition coefficient (Wildman–Crippen LogP) is 5.36. The lowest BCUT2D eigenvalue weighted by Crippen LogP contribution is -2.24. The summed E-state index contributed by atoms with van der Waals surface area (Å²) in [5.41, 5.74) is 1.59. The van der Waals surface area contributed by atoms with Crippen molar-refractivity contribution < 1.29 is 24.2 Å². The number of nitrogens with one attached hydrogen (secondary N) is 1. The van der Waals surface area contributed by atoms with E-state index in [9.17, 15) is 14.7 Å². The molecule has 7 nitrogen and oxygen atoms in total. The zero-order chi connectivity index (χ0) is 23.2. The van der Waals surface area contributed by atoms with Crippen LogP contribution in [0.5, 0.6) is 11.5 Å². The van der Waals surface area contributed by atoms with E-state index in [0.29, 0.717) is 31.2 Å². The topological polar surface area (TPSA) is 97.8 Å². The van der Waals surface area contributed by atoms with E-state index in [-0.39, 0.29) is 24.2 Å². The smallest absolute Gasteiger partial charge is 0.303 e. The largest absolute Gasteiger partial charge is 0.481 e. The van der Waals surface area contributed by atoms with E-state index < -0.39 is 5.97 Å². The van der Waals surface area contributed by atoms with Crippen molar-refractivity contribution in [2.24, 2.45) is 5.92 Å². The van der Waals surface area contributed by atoms with Crippen LogP contribution in [0.15, 0.2) is 54.6 Å². The molecule has 2 aromatic carbocycles. The summed E-state index contributed by atoms with van der Waals surface area (Å²) in [5.74, 6) is 1.07. The zero-order valence-corrected chi connectivity index (χ0v) is 18.6. The Morgan fingerprint density at radius 1 is 1.12 bits per heavy atom. The van der Waals surface area contributed by atoms with Gasteiger partial charge < -0.3 is 19.9 Å². The molecule has 3 aromatic rings. The number of amides is 1. The molecule has 7 heteroatoms. The van der Waals surface area contributed by atoms with Crippen LogP contribution >= 0.6 is 0 Å². The van der Waals surface area contributed by atoms with E-state index >= 15 is 0 Å². The van der Waals surface area contributed by atoms with E-state index in [1.165, 1.54) is 6.92 Å². The van der Waals surface area contributed by atoms with E-state index in [0.717, 1.165) is 35.1 Å². The minimum atomic E-state index is -0.833. The monoisotopic (exact) mass is 448 g/mol. The summed E-state index contributed by atoms with van der Waals surface area (Å²) in [6.07, 6.45) is 2.22. The van der Waals surface area contributed by atoms with Crippen LogP contribution in [0.2, 0.25) is 0 Å². The fourth-order valence-corrected chi connectivity index (χ4v) is 4.45. The molecule has 1 aromatic heterocycles. The molecule has 0 saturated carbocycles. The van der Waals surface area contributed by atoms with Gasteiger partial charge in [0.05, 0.1) is 5.52 Å². The Bertz CT molecular complexity index is 1130. The van der Waals surface area contributed by atoms with Gasteiger partial charge in [-0.15, -0.1) is 0 Å². The fraction of sp³-hybridized carbons (Fsp3) is 0.346. The van der Waals surface area contributed by atoms with E-state index in [2.05, 4.69) is 5.32 Å². The SMILES string of the molecule is CC(=O)Nc1nc2ccc(Oc3ccccc3)cc2cc1C(CCC(=O)O)C1CCOCC1. The average molecular weight is 449 g/mol. The molecule has 0 radical (unpaired) electrons. The number of anilines is 1. The predicted molar refractivity (Wildman–Crippen MR) is 126 cm³/mol. The van der Waals surface area contributed by atoms with Crippen LogP contribution in [0, 0.1) is 5.92 Å². The highest BCUT2D eigenvalue weighted by Crippen LogP contribution is 2.40. The first-order valence-corrected chi connectivity index (χ1v) is 11.2. The van der Waals surface area contributed by atoms with Crippen molar-refractivity contribution in [2.45, 2.75) is 38.5 Å². The maximum absolute atomic E-state index is 11.9. The maximum atomic E-state index is 11.9. The minimum Gasteiger partial charge on any atom is -0.481 e. The molecule has 1 amide bonds. The number of aliphatic carboxylic acids is 1. The number of rotatable bonds is 8. The first-order chi connectivity index (χ1) is 16.0. The van der Waals surface area contributed by atoms with Crippen molar-refractivity contribution in [1.82, 2.24) is 4.98 Å². The highest BCUT2D eigenvalue weighted by molar-refractivity contribution is 5.91. The molecule has 1 aliphatic rings. The molecule has 2 heterocycles. The Balaban J connectivity index is 1.75. The second-order valence-electron chi connectivity index (χ2n) is 8.37. The molecule has 33 heavy (non-hydrogen) atoms. The third kappa shape index (κ3) is 5.87. The van der Waals surface area contributed by atoms with Crippen LogP contribution in [0.4, 0.5) is 5.82 Å². The molecule has 1 fully saturated rings. The number of nitrogens with zero attached hydrogens (tertiary/aromatic N) is 1. The summed E-state index contributed by atoms with van der Waals surface area (Å²) in [6.45, 7) is 2.76. The number of pyridine rings is 1. The Morgan fingerprint density at radius 2 is 1.88 bits per heavy atom. The van der Waals surface area contributed by atoms with Gasteiger partial charge in [-0.1, -0.05) is 18.2 Å². The van der Waals surface area contributed by atoms with Crippen molar-refractivity contribution in [3.63, 3.8) is 0 Å². The molecule has 0 spiro atoms. The number of benzene rings is 2. The number of carbonyl (C=O) groups is 2. The highest BCUT2D eigenvalue weighted by atomic mass is 16.5. The molecule has 4 rings (SSSR count). The second kappa shape index (κ2) is 10.4. The third-order valence-corrected chi connectivity index (χ3v) is 5.99. The quantitative estimate of drug-likeness (QED) is 0.481. The number of fused-ring (bicyclic) bond motifs is 1. The van der Waals surface area contributed by atoms with Gasteiger partial charge in [-0.05, 0) is 73.1 Å². The van der Waals surface area contributed by atoms with Crippen molar-refractivity contribution in [3.8, 4) is 11.5 Å². The first kappa shape index (κ1) is 22.7. The van der Waals surface area contributed by atoms with E-state index in [1.54, 1.807) is 0 Å². The summed E-state index contributed by atoms with van der Waals surface area (Å²) in [7, 11) is 0. The summed E-state index contributed by atoms with van der Waals surface area (Å²) in [4.78, 5) is 28.1. The molecule has 1 atom stereocenters. The van der Waals surface area contributed by atoms with E-state index in [4.69, 9.17) is 14.5 Å². The number of para-hydroxylation sites is 1. The van der Waals surface area contributed by atoms with Crippen molar-refractivity contribution in [1.29, 1.82) is 0 Å². The average Bonchev–Trinajstić information content (AvgIpc) is 2.80. The first-order valence-electron chi connectivity index (χ1n) is 11.2. The van der Waals surface area contributed by atoms with Crippen LogP contribution in [0.25, 0.3) is 10.9 Å². The number of hydrogen-bond acceptors (Lipinski definition) is 5. The summed E-state index contributed by atoms with van der Waals surface area (Å²) < 4.78 is 11.5. The number of aromatic nitrogens is 1. The van der Waals surface area contributed by atoms with Gasteiger partial charge in [0.25, 0.3) is 0 Å². The van der Waals surface area contributed by atoms with Gasteiger partial charge in [0.1, 0.15) is 17.3 Å². The van der Waals surface area contributed by atoms with Gasteiger partial charge in [0.2, 0.25) is 5.91 Å². The maximum Gasteiger partial charge on any atom is 0.303 e. The van der Waals surface area contributed by atoms with Crippen LogP contribution < -0.4 is 10.1 Å². The van der Waals surface area contributed by atoms with Crippen LogP contribution in [0.1, 0.15) is 44.1 Å². The van der Waals surface area contributed by atoms with Gasteiger partial charge in [0, 0.05) is 31.9 Å². The van der Waals surface area contributed by atoms with Crippen molar-refractivity contribution in [2.75, 3.05) is 18.5 Å². The Hall–Kier alpha value is -3.45. The Morgan fingerprint density at radius 3 is 2.58 bits per heavy atom. The normalized spacial score (nSPS) is 15.2. The van der Waals surface area contributed by atoms with Crippen molar-refractivity contribution in [3.05, 3.63) is 60.2 Å². The Labute approximate surface area is 192 Å². The van der Waals surface area contributed by atoms with Crippen LogP contribution in [-0.2, 0) is 14.3 Å². The highest BCUT2D eigenvalue weighted by Gasteiger charge is 2.29. The molecule has 172 valence electrons. The van der Waals surface area contributed by atoms with Crippen LogP contribution in [-0.4, -0.2) is 35.2 Å². The van der Waals surface area contributed by atoms with Gasteiger partial charge in [-0.2, -0.15) is 0 Å². The molecule has 1 aliphatic heterocycles. The van der Waals surface area contributed by atoms with E-state index in [1.807, 2.05) is 54.6 Å². The molecule has 2 N–H and O–H groups in total.